The lowest BCUT2D eigenvalue weighted by molar-refractivity contribution is -0.391. The van der Waals surface area contributed by atoms with Crippen molar-refractivity contribution in [2.45, 2.75) is 6.54 Å². The normalized spacial score (nSPS) is 11.6. The first-order chi connectivity index (χ1) is 11.6. The Hall–Kier alpha value is -3.20. The number of rotatable bonds is 4. The van der Waals surface area contributed by atoms with Crippen molar-refractivity contribution in [2.24, 2.45) is 4.99 Å². The van der Waals surface area contributed by atoms with Crippen molar-refractivity contribution in [3.05, 3.63) is 75.0 Å². The van der Waals surface area contributed by atoms with E-state index >= 15 is 0 Å². The van der Waals surface area contributed by atoms with Crippen molar-refractivity contribution in [1.29, 1.82) is 0 Å². The van der Waals surface area contributed by atoms with E-state index in [1.54, 1.807) is 48.7 Å². The quantitative estimate of drug-likeness (QED) is 0.441. The minimum absolute atomic E-state index is 0.0640. The molecule has 0 radical (unpaired) electrons. The summed E-state index contributed by atoms with van der Waals surface area (Å²) >= 11 is 5.81. The first-order valence-corrected chi connectivity index (χ1v) is 7.16. The standard InChI is InChI=1S/C14H11ClN6O3/c15-10-4-6-12(7-5-10)19-18-14(21(23)24)13(20(19)22)17-9-11-3-1-2-8-16-11/h1-8,22H,9H2. The van der Waals surface area contributed by atoms with Crippen LogP contribution in [0.1, 0.15) is 5.69 Å². The largest absolute Gasteiger partial charge is 0.438 e. The van der Waals surface area contributed by atoms with Crippen LogP contribution in [0, 0.1) is 10.1 Å². The van der Waals surface area contributed by atoms with E-state index in [2.05, 4.69) is 15.1 Å². The van der Waals surface area contributed by atoms with Gasteiger partial charge in [-0.3, -0.25) is 4.98 Å². The van der Waals surface area contributed by atoms with E-state index in [0.717, 1.165) is 4.80 Å². The number of hydrogen-bond acceptors (Lipinski definition) is 6. The van der Waals surface area contributed by atoms with Crippen LogP contribution in [-0.4, -0.2) is 29.9 Å². The summed E-state index contributed by atoms with van der Waals surface area (Å²) in [5.41, 5.74) is 0.718. The van der Waals surface area contributed by atoms with Gasteiger partial charge in [-0.15, -0.1) is 0 Å². The number of pyridine rings is 1. The lowest BCUT2D eigenvalue weighted by Gasteiger charge is -1.99. The molecule has 2 heterocycles. The van der Waals surface area contributed by atoms with Crippen molar-refractivity contribution in [2.75, 3.05) is 0 Å². The van der Waals surface area contributed by atoms with Crippen LogP contribution in [0.3, 0.4) is 0 Å². The van der Waals surface area contributed by atoms with Gasteiger partial charge >= 0.3 is 5.82 Å². The summed E-state index contributed by atoms with van der Waals surface area (Å²) in [4.78, 5) is 20.1. The summed E-state index contributed by atoms with van der Waals surface area (Å²) in [6.07, 6.45) is 1.59. The third-order valence-corrected chi connectivity index (χ3v) is 3.36. The van der Waals surface area contributed by atoms with Crippen molar-refractivity contribution in [3.63, 3.8) is 0 Å². The average molecular weight is 347 g/mol. The molecule has 1 N–H and O–H groups in total. The van der Waals surface area contributed by atoms with E-state index in [1.807, 2.05) is 0 Å². The van der Waals surface area contributed by atoms with Gasteiger partial charge in [-0.25, -0.2) is 4.99 Å². The third-order valence-electron chi connectivity index (χ3n) is 3.11. The molecule has 0 aliphatic rings. The number of hydrogen-bond donors (Lipinski definition) is 1. The number of nitro groups is 1. The Bertz CT molecular complexity index is 933. The Labute approximate surface area is 140 Å². The summed E-state index contributed by atoms with van der Waals surface area (Å²) in [5.74, 6) is -0.566. The molecule has 3 aromatic rings. The van der Waals surface area contributed by atoms with Crippen LogP contribution >= 0.6 is 11.6 Å². The molecule has 0 aliphatic heterocycles. The van der Waals surface area contributed by atoms with E-state index in [9.17, 15) is 15.3 Å². The van der Waals surface area contributed by atoms with E-state index < -0.39 is 10.7 Å². The van der Waals surface area contributed by atoms with Gasteiger partial charge in [-0.2, -0.15) is 0 Å². The monoisotopic (exact) mass is 346 g/mol. The van der Waals surface area contributed by atoms with Crippen LogP contribution in [0.4, 0.5) is 5.82 Å². The van der Waals surface area contributed by atoms with Crippen LogP contribution in [0.15, 0.2) is 53.7 Å². The van der Waals surface area contributed by atoms with Crippen LogP contribution < -0.4 is 5.49 Å². The molecule has 3 rings (SSSR count). The lowest BCUT2D eigenvalue weighted by Crippen LogP contribution is -2.22. The van der Waals surface area contributed by atoms with E-state index in [4.69, 9.17) is 11.6 Å². The Balaban J connectivity index is 2.08. The molecule has 0 saturated heterocycles. The zero-order chi connectivity index (χ0) is 17.1. The molecule has 10 heteroatoms. The Morgan fingerprint density at radius 3 is 2.62 bits per heavy atom. The zero-order valence-corrected chi connectivity index (χ0v) is 12.9. The van der Waals surface area contributed by atoms with Crippen molar-refractivity contribution < 1.29 is 10.1 Å². The van der Waals surface area contributed by atoms with Gasteiger partial charge in [0.15, 0.2) is 0 Å². The molecular formula is C14H11ClN6O3. The highest BCUT2D eigenvalue weighted by Crippen LogP contribution is 2.13. The minimum atomic E-state index is -0.712. The lowest BCUT2D eigenvalue weighted by atomic mass is 10.3. The first kappa shape index (κ1) is 15.7. The Morgan fingerprint density at radius 1 is 1.25 bits per heavy atom. The predicted octanol–water partition coefficient (Wildman–Crippen LogP) is 1.97. The van der Waals surface area contributed by atoms with Gasteiger partial charge in [0, 0.05) is 11.2 Å². The fraction of sp³-hybridized carbons (Fsp3) is 0.0714. The van der Waals surface area contributed by atoms with Crippen LogP contribution in [-0.2, 0) is 6.54 Å². The minimum Gasteiger partial charge on any atom is -0.409 e. The summed E-state index contributed by atoms with van der Waals surface area (Å²) in [5, 5.41) is 25.7. The summed E-state index contributed by atoms with van der Waals surface area (Å²) in [6, 6.07) is 11.5. The van der Waals surface area contributed by atoms with E-state index in [-0.39, 0.29) is 12.0 Å². The molecule has 1 aromatic carbocycles. The van der Waals surface area contributed by atoms with Crippen LogP contribution in [0.5, 0.6) is 0 Å². The highest BCUT2D eigenvalue weighted by Gasteiger charge is 2.23. The molecule has 9 nitrogen and oxygen atoms in total. The number of halogens is 1. The second-order valence-corrected chi connectivity index (χ2v) is 5.13. The molecule has 0 bridgehead atoms. The second-order valence-electron chi connectivity index (χ2n) is 4.70. The highest BCUT2D eigenvalue weighted by molar-refractivity contribution is 6.30. The Kier molecular flexibility index (Phi) is 4.25. The molecule has 0 atom stereocenters. The molecule has 0 spiro atoms. The fourth-order valence-electron chi connectivity index (χ4n) is 2.00. The summed E-state index contributed by atoms with van der Waals surface area (Å²) in [6.45, 7) is 0.0640. The number of aromatic nitrogens is 4. The molecule has 2 aromatic heterocycles. The molecule has 0 fully saturated rings. The average Bonchev–Trinajstić information content (AvgIpc) is 2.92. The predicted molar refractivity (Wildman–Crippen MR) is 83.9 cm³/mol. The smallest absolute Gasteiger partial charge is 0.409 e. The van der Waals surface area contributed by atoms with Gasteiger partial charge in [0.05, 0.1) is 17.3 Å². The van der Waals surface area contributed by atoms with Gasteiger partial charge in [0.2, 0.25) is 0 Å². The number of benzene rings is 1. The molecule has 0 aliphatic carbocycles. The maximum absolute atomic E-state index is 11.2. The van der Waals surface area contributed by atoms with Crippen LogP contribution in [0.2, 0.25) is 5.02 Å². The summed E-state index contributed by atoms with van der Waals surface area (Å²) < 4.78 is 0. The van der Waals surface area contributed by atoms with Gasteiger partial charge < -0.3 is 15.3 Å². The zero-order valence-electron chi connectivity index (χ0n) is 12.2. The maximum Gasteiger partial charge on any atom is 0.438 e. The summed E-state index contributed by atoms with van der Waals surface area (Å²) in [7, 11) is 0. The van der Waals surface area contributed by atoms with Gasteiger partial charge in [-0.05, 0) is 46.1 Å². The third kappa shape index (κ3) is 3.10. The highest BCUT2D eigenvalue weighted by atomic mass is 35.5. The van der Waals surface area contributed by atoms with Crippen molar-refractivity contribution >= 4 is 17.4 Å². The van der Waals surface area contributed by atoms with Gasteiger partial charge in [0.1, 0.15) is 5.69 Å². The number of nitrogens with zero attached hydrogens (tertiary/aromatic N) is 6. The van der Waals surface area contributed by atoms with Crippen molar-refractivity contribution in [1.82, 2.24) is 19.7 Å². The van der Waals surface area contributed by atoms with E-state index in [0.29, 0.717) is 21.2 Å². The molecule has 0 saturated carbocycles. The van der Waals surface area contributed by atoms with Crippen LogP contribution in [0.25, 0.3) is 5.69 Å². The SMILES string of the molecule is O=[N+]([O-])c1nn(-c2ccc(Cl)cc2)n(O)c1=NCc1ccccn1. The topological polar surface area (TPSA) is 111 Å². The first-order valence-electron chi connectivity index (χ1n) is 6.78. The fourth-order valence-corrected chi connectivity index (χ4v) is 2.12. The van der Waals surface area contributed by atoms with Gasteiger partial charge in [0.25, 0.3) is 5.49 Å². The van der Waals surface area contributed by atoms with Gasteiger partial charge in [-0.1, -0.05) is 22.5 Å². The molecular weight excluding hydrogens is 336 g/mol. The molecule has 122 valence electrons. The maximum atomic E-state index is 11.2. The molecule has 0 amide bonds. The molecule has 0 unspecified atom stereocenters. The Morgan fingerprint density at radius 2 is 2.00 bits per heavy atom. The second kappa shape index (κ2) is 6.50. The molecule has 24 heavy (non-hydrogen) atoms. The van der Waals surface area contributed by atoms with E-state index in [1.165, 1.54) is 0 Å². The van der Waals surface area contributed by atoms with Crippen molar-refractivity contribution in [3.8, 4) is 5.69 Å².